The Balaban J connectivity index is 2.27. The summed E-state index contributed by atoms with van der Waals surface area (Å²) in [5.41, 5.74) is 2.66. The van der Waals surface area contributed by atoms with Crippen molar-refractivity contribution in [1.82, 2.24) is 14.8 Å². The quantitative estimate of drug-likeness (QED) is 0.819. The molecule has 0 bridgehead atoms. The Kier molecular flexibility index (Phi) is 3.28. The second-order valence-electron chi connectivity index (χ2n) is 4.32. The molecule has 0 amide bonds. The van der Waals surface area contributed by atoms with Gasteiger partial charge in [0.05, 0.1) is 11.8 Å². The molecule has 2 rings (SSSR count). The van der Waals surface area contributed by atoms with Gasteiger partial charge < -0.3 is 4.90 Å². The van der Waals surface area contributed by atoms with E-state index in [0.29, 0.717) is 17.9 Å². The summed E-state index contributed by atoms with van der Waals surface area (Å²) < 4.78 is 1.76. The van der Waals surface area contributed by atoms with E-state index in [0.717, 1.165) is 11.1 Å². The maximum Gasteiger partial charge on any atom is 0.146 e. The molecule has 0 saturated carbocycles. The van der Waals surface area contributed by atoms with Crippen molar-refractivity contribution in [2.75, 3.05) is 11.9 Å². The molecule has 92 valence electrons. The number of aryl methyl sites for hydroxylation is 2. The molecule has 0 aliphatic rings. The molecular formula is C13H15N5. The average Bonchev–Trinajstić information content (AvgIpc) is 2.74. The van der Waals surface area contributed by atoms with Crippen LogP contribution in [0.4, 0.5) is 5.82 Å². The van der Waals surface area contributed by atoms with Crippen LogP contribution in [0.3, 0.4) is 0 Å². The highest BCUT2D eigenvalue weighted by Gasteiger charge is 2.12. The number of hydrogen-bond donors (Lipinski definition) is 0. The van der Waals surface area contributed by atoms with Gasteiger partial charge in [-0.25, -0.2) is 4.98 Å². The first-order valence-electron chi connectivity index (χ1n) is 5.66. The van der Waals surface area contributed by atoms with E-state index in [-0.39, 0.29) is 0 Å². The zero-order chi connectivity index (χ0) is 13.1. The first kappa shape index (κ1) is 12.1. The van der Waals surface area contributed by atoms with Crippen molar-refractivity contribution in [3.8, 4) is 6.07 Å². The molecule has 2 heterocycles. The molecule has 0 aliphatic heterocycles. The minimum absolute atomic E-state index is 0.629. The van der Waals surface area contributed by atoms with Gasteiger partial charge in [-0.15, -0.1) is 0 Å². The van der Waals surface area contributed by atoms with Crippen LogP contribution in [-0.2, 0) is 13.6 Å². The molecule has 0 fully saturated rings. The largest absolute Gasteiger partial charge is 0.354 e. The zero-order valence-electron chi connectivity index (χ0n) is 10.8. The van der Waals surface area contributed by atoms with Crippen LogP contribution < -0.4 is 4.90 Å². The van der Waals surface area contributed by atoms with Crippen molar-refractivity contribution < 1.29 is 0 Å². The van der Waals surface area contributed by atoms with Crippen LogP contribution in [0.25, 0.3) is 0 Å². The third-order valence-corrected chi connectivity index (χ3v) is 2.79. The Morgan fingerprint density at radius 3 is 2.89 bits per heavy atom. The first-order chi connectivity index (χ1) is 8.61. The van der Waals surface area contributed by atoms with Gasteiger partial charge in [-0.1, -0.05) is 0 Å². The molecule has 5 heteroatoms. The highest BCUT2D eigenvalue weighted by atomic mass is 15.2. The van der Waals surface area contributed by atoms with Crippen molar-refractivity contribution >= 4 is 5.82 Å². The average molecular weight is 241 g/mol. The third-order valence-electron chi connectivity index (χ3n) is 2.79. The molecule has 0 unspecified atom stereocenters. The molecule has 0 spiro atoms. The molecule has 5 nitrogen and oxygen atoms in total. The Bertz CT molecular complexity index is 594. The van der Waals surface area contributed by atoms with Gasteiger partial charge in [0, 0.05) is 38.6 Å². The van der Waals surface area contributed by atoms with Crippen LogP contribution in [0.5, 0.6) is 0 Å². The predicted octanol–water partition coefficient (Wildman–Crippen LogP) is 1.63. The highest BCUT2D eigenvalue weighted by Crippen LogP contribution is 2.20. The van der Waals surface area contributed by atoms with Crippen molar-refractivity contribution in [2.45, 2.75) is 13.5 Å². The summed E-state index contributed by atoms with van der Waals surface area (Å²) in [5.74, 6) is 0.710. The van der Waals surface area contributed by atoms with E-state index < -0.39 is 0 Å². The summed E-state index contributed by atoms with van der Waals surface area (Å²) in [7, 11) is 3.81. The first-order valence-corrected chi connectivity index (χ1v) is 5.66. The molecular weight excluding hydrogens is 226 g/mol. The minimum atomic E-state index is 0.629. The van der Waals surface area contributed by atoms with Crippen LogP contribution in [0.2, 0.25) is 0 Å². The van der Waals surface area contributed by atoms with Gasteiger partial charge in [0.2, 0.25) is 0 Å². The number of pyridine rings is 1. The van der Waals surface area contributed by atoms with Gasteiger partial charge in [-0.3, -0.25) is 4.68 Å². The Morgan fingerprint density at radius 2 is 2.28 bits per heavy atom. The Hall–Kier alpha value is -2.35. The van der Waals surface area contributed by atoms with E-state index in [2.05, 4.69) is 16.2 Å². The highest BCUT2D eigenvalue weighted by molar-refractivity contribution is 5.56. The lowest BCUT2D eigenvalue weighted by atomic mass is 10.1. The fourth-order valence-corrected chi connectivity index (χ4v) is 1.87. The second kappa shape index (κ2) is 4.88. The fraction of sp³-hybridized carbons (Fsp3) is 0.308. The lowest BCUT2D eigenvalue weighted by Crippen LogP contribution is -2.19. The Labute approximate surface area is 106 Å². The molecule has 0 radical (unpaired) electrons. The summed E-state index contributed by atoms with van der Waals surface area (Å²) in [4.78, 5) is 6.25. The number of aromatic nitrogens is 3. The SMILES string of the molecule is Cc1ccnc(N(C)Cc2cnn(C)c2)c1C#N. The minimum Gasteiger partial charge on any atom is -0.354 e. The zero-order valence-corrected chi connectivity index (χ0v) is 10.8. The lowest BCUT2D eigenvalue weighted by molar-refractivity contribution is 0.766. The molecule has 2 aromatic rings. The van der Waals surface area contributed by atoms with Crippen LogP contribution in [0.15, 0.2) is 24.7 Å². The molecule has 0 N–H and O–H groups in total. The fourth-order valence-electron chi connectivity index (χ4n) is 1.87. The van der Waals surface area contributed by atoms with E-state index in [9.17, 15) is 5.26 Å². The van der Waals surface area contributed by atoms with Gasteiger partial charge in [0.1, 0.15) is 11.9 Å². The number of rotatable bonds is 3. The standard InChI is InChI=1S/C13H15N5/c1-10-4-5-15-13(12(10)6-14)17(2)8-11-7-16-18(3)9-11/h4-5,7,9H,8H2,1-3H3. The lowest BCUT2D eigenvalue weighted by Gasteiger charge is -2.19. The van der Waals surface area contributed by atoms with Gasteiger partial charge in [0.15, 0.2) is 0 Å². The second-order valence-corrected chi connectivity index (χ2v) is 4.32. The van der Waals surface area contributed by atoms with Gasteiger partial charge >= 0.3 is 0 Å². The van der Waals surface area contributed by atoms with Gasteiger partial charge in [-0.2, -0.15) is 10.4 Å². The molecule has 0 saturated heterocycles. The van der Waals surface area contributed by atoms with Crippen LogP contribution >= 0.6 is 0 Å². The summed E-state index contributed by atoms with van der Waals surface area (Å²) in [6, 6.07) is 4.06. The number of hydrogen-bond acceptors (Lipinski definition) is 4. The van der Waals surface area contributed by atoms with E-state index in [1.807, 2.05) is 44.4 Å². The Morgan fingerprint density at radius 1 is 1.50 bits per heavy atom. The maximum absolute atomic E-state index is 9.19. The molecule has 0 aliphatic carbocycles. The smallest absolute Gasteiger partial charge is 0.146 e. The summed E-state index contributed by atoms with van der Waals surface area (Å²) >= 11 is 0. The number of nitrogens with zero attached hydrogens (tertiary/aromatic N) is 5. The van der Waals surface area contributed by atoms with E-state index in [1.54, 1.807) is 10.9 Å². The van der Waals surface area contributed by atoms with Gasteiger partial charge in [-0.05, 0) is 18.6 Å². The number of anilines is 1. The number of nitriles is 1. The van der Waals surface area contributed by atoms with Crippen LogP contribution in [0, 0.1) is 18.3 Å². The van der Waals surface area contributed by atoms with E-state index in [1.165, 1.54) is 0 Å². The molecule has 0 atom stereocenters. The molecule has 2 aromatic heterocycles. The van der Waals surface area contributed by atoms with Gasteiger partial charge in [0.25, 0.3) is 0 Å². The normalized spacial score (nSPS) is 10.1. The topological polar surface area (TPSA) is 57.7 Å². The third kappa shape index (κ3) is 2.33. The van der Waals surface area contributed by atoms with E-state index >= 15 is 0 Å². The summed E-state index contributed by atoms with van der Waals surface area (Å²) in [6.07, 6.45) is 5.50. The molecule has 18 heavy (non-hydrogen) atoms. The van der Waals surface area contributed by atoms with Crippen LogP contribution in [0.1, 0.15) is 16.7 Å². The summed E-state index contributed by atoms with van der Waals surface area (Å²) in [6.45, 7) is 2.60. The van der Waals surface area contributed by atoms with Crippen molar-refractivity contribution in [2.24, 2.45) is 7.05 Å². The summed E-state index contributed by atoms with van der Waals surface area (Å²) in [5, 5.41) is 13.3. The van der Waals surface area contributed by atoms with Crippen molar-refractivity contribution in [3.63, 3.8) is 0 Å². The maximum atomic E-state index is 9.19. The van der Waals surface area contributed by atoms with Crippen LogP contribution in [-0.4, -0.2) is 21.8 Å². The van der Waals surface area contributed by atoms with Crippen molar-refractivity contribution in [1.29, 1.82) is 5.26 Å². The van der Waals surface area contributed by atoms with E-state index in [4.69, 9.17) is 0 Å². The molecule has 0 aromatic carbocycles. The predicted molar refractivity (Wildman–Crippen MR) is 69.0 cm³/mol. The van der Waals surface area contributed by atoms with Crippen molar-refractivity contribution in [3.05, 3.63) is 41.3 Å². The monoisotopic (exact) mass is 241 g/mol.